The number of hydrogen-bond donors (Lipinski definition) is 2. The van der Waals surface area contributed by atoms with E-state index in [4.69, 9.17) is 9.79 Å². The molecule has 0 spiro atoms. The first-order valence-electron chi connectivity index (χ1n) is 5.14. The van der Waals surface area contributed by atoms with Crippen molar-refractivity contribution in [1.29, 1.82) is 0 Å². The molecule has 0 bridgehead atoms. The lowest BCUT2D eigenvalue weighted by Gasteiger charge is -2.45. The van der Waals surface area contributed by atoms with Crippen LogP contribution in [0.15, 0.2) is 0 Å². The van der Waals surface area contributed by atoms with Crippen molar-refractivity contribution in [3.63, 3.8) is 0 Å². The summed E-state index contributed by atoms with van der Waals surface area (Å²) in [7, 11) is -8.05. The Kier molecular flexibility index (Phi) is 5.60. The topological polar surface area (TPSA) is 57.5 Å². The summed E-state index contributed by atoms with van der Waals surface area (Å²) in [5.74, 6) is -25.7. The van der Waals surface area contributed by atoms with Crippen LogP contribution in [0.25, 0.3) is 0 Å². The van der Waals surface area contributed by atoms with Crippen molar-refractivity contribution in [3.05, 3.63) is 0 Å². The Morgan fingerprint density at radius 3 is 0.885 bits per heavy atom. The van der Waals surface area contributed by atoms with Gasteiger partial charge in [0, 0.05) is 0 Å². The lowest BCUT2D eigenvalue weighted by molar-refractivity contribution is -0.453. The minimum Gasteiger partial charge on any atom is -0.320 e. The lowest BCUT2D eigenvalue weighted by atomic mass is 9.82. The van der Waals surface area contributed by atoms with E-state index in [1.807, 2.05) is 0 Å². The fourth-order valence-corrected chi connectivity index (χ4v) is 1.89. The van der Waals surface area contributed by atoms with Crippen LogP contribution in [-0.2, 0) is 4.57 Å². The van der Waals surface area contributed by atoms with Crippen molar-refractivity contribution in [3.8, 4) is 0 Å². The SMILES string of the molecule is O=P(O)(O)C(F)(F)C(F)(F)C(F)(C(F)(F)C(F)(F)F)C(F)(F)C(F)(F)F. The van der Waals surface area contributed by atoms with Gasteiger partial charge in [-0.2, -0.15) is 61.5 Å². The van der Waals surface area contributed by atoms with Gasteiger partial charge in [0.25, 0.3) is 0 Å². The van der Waals surface area contributed by atoms with Crippen LogP contribution in [0.2, 0.25) is 0 Å². The van der Waals surface area contributed by atoms with Crippen LogP contribution in [0.3, 0.4) is 0 Å². The zero-order chi connectivity index (χ0) is 22.0. The van der Waals surface area contributed by atoms with Gasteiger partial charge in [-0.05, 0) is 0 Å². The first kappa shape index (κ1) is 25.1. The number of rotatable bonds is 5. The molecule has 2 N–H and O–H groups in total. The van der Waals surface area contributed by atoms with E-state index in [1.54, 1.807) is 0 Å². The maximum absolute atomic E-state index is 13.6. The van der Waals surface area contributed by atoms with Gasteiger partial charge in [0.05, 0.1) is 0 Å². The molecule has 0 heterocycles. The largest absolute Gasteiger partial charge is 0.457 e. The highest BCUT2D eigenvalue weighted by molar-refractivity contribution is 7.53. The predicted molar refractivity (Wildman–Crippen MR) is 47.8 cm³/mol. The highest BCUT2D eigenvalue weighted by atomic mass is 31.2. The molecule has 0 aromatic rings. The molecule has 0 saturated carbocycles. The maximum atomic E-state index is 13.6. The minimum absolute atomic E-state index is 7.84. The Hall–Kier alpha value is -0.900. The Morgan fingerprint density at radius 1 is 0.500 bits per heavy atom. The average Bonchev–Trinajstić information content (AvgIpc) is 2.32. The number of alkyl halides is 15. The van der Waals surface area contributed by atoms with E-state index in [9.17, 15) is 70.4 Å². The van der Waals surface area contributed by atoms with Gasteiger partial charge in [0.15, 0.2) is 0 Å². The molecular formula is C7H2F15O3P. The molecule has 0 saturated heterocycles. The normalized spacial score (nSPS) is 16.8. The zero-order valence-electron chi connectivity index (χ0n) is 10.9. The van der Waals surface area contributed by atoms with Gasteiger partial charge in [0.1, 0.15) is 0 Å². The van der Waals surface area contributed by atoms with Gasteiger partial charge in [-0.1, -0.05) is 0 Å². The first-order chi connectivity index (χ1) is 10.8. The molecule has 0 aliphatic heterocycles. The summed E-state index contributed by atoms with van der Waals surface area (Å²) in [6, 6.07) is 0. The first-order valence-corrected chi connectivity index (χ1v) is 6.75. The molecule has 0 unspecified atom stereocenters. The fraction of sp³-hybridized carbons (Fsp3) is 1.00. The third-order valence-corrected chi connectivity index (χ3v) is 3.77. The van der Waals surface area contributed by atoms with Crippen molar-refractivity contribution < 1.29 is 80.2 Å². The quantitative estimate of drug-likeness (QED) is 0.480. The van der Waals surface area contributed by atoms with Crippen molar-refractivity contribution >= 4 is 7.60 Å². The predicted octanol–water partition coefficient (Wildman–Crippen LogP) is 4.50. The van der Waals surface area contributed by atoms with Crippen molar-refractivity contribution in [2.45, 2.75) is 41.5 Å². The molecule has 0 amide bonds. The van der Waals surface area contributed by atoms with Crippen LogP contribution in [0.1, 0.15) is 0 Å². The summed E-state index contributed by atoms with van der Waals surface area (Å²) in [5.41, 5.74) is -16.7. The van der Waals surface area contributed by atoms with E-state index in [1.165, 1.54) is 0 Å². The van der Waals surface area contributed by atoms with Crippen LogP contribution in [0.5, 0.6) is 0 Å². The van der Waals surface area contributed by atoms with E-state index < -0.39 is 49.0 Å². The minimum atomic E-state index is -8.89. The monoisotopic (exact) mass is 450 g/mol. The maximum Gasteiger partial charge on any atom is 0.457 e. The Labute approximate surface area is 130 Å². The van der Waals surface area contributed by atoms with Gasteiger partial charge in [-0.15, -0.1) is 0 Å². The molecule has 26 heavy (non-hydrogen) atoms. The summed E-state index contributed by atoms with van der Waals surface area (Å²) >= 11 is 0. The van der Waals surface area contributed by atoms with Gasteiger partial charge >= 0.3 is 49.0 Å². The van der Waals surface area contributed by atoms with Crippen molar-refractivity contribution in [2.24, 2.45) is 0 Å². The van der Waals surface area contributed by atoms with E-state index in [0.29, 0.717) is 0 Å². The lowest BCUT2D eigenvalue weighted by Crippen LogP contribution is -2.78. The summed E-state index contributed by atoms with van der Waals surface area (Å²) in [6.45, 7) is 0. The molecule has 0 radical (unpaired) electrons. The molecule has 0 atom stereocenters. The van der Waals surface area contributed by atoms with Gasteiger partial charge < -0.3 is 9.79 Å². The van der Waals surface area contributed by atoms with E-state index >= 15 is 0 Å². The third kappa shape index (κ3) is 2.93. The van der Waals surface area contributed by atoms with Crippen LogP contribution in [0, 0.1) is 0 Å². The average molecular weight is 450 g/mol. The molecule has 0 aromatic carbocycles. The molecule has 0 aromatic heterocycles. The standard InChI is InChI=1S/C7H2F15O3P/c8-1(2(9,10)5(15,16)17,3(11,12)6(18,19)20)4(13,14)7(21,22)26(23,24)25/h(H2,23,24,25). The summed E-state index contributed by atoms with van der Waals surface area (Å²) in [4.78, 5) is 15.7. The molecule has 3 nitrogen and oxygen atoms in total. The van der Waals surface area contributed by atoms with E-state index in [2.05, 4.69) is 0 Å². The Bertz CT molecular complexity index is 557. The molecular weight excluding hydrogens is 448 g/mol. The molecule has 0 aliphatic carbocycles. The smallest absolute Gasteiger partial charge is 0.320 e. The summed E-state index contributed by atoms with van der Waals surface area (Å²) < 4.78 is 199. The molecule has 158 valence electrons. The highest BCUT2D eigenvalue weighted by Crippen LogP contribution is 2.70. The van der Waals surface area contributed by atoms with Gasteiger partial charge in [-0.3, -0.25) is 4.57 Å². The molecule has 0 aliphatic rings. The van der Waals surface area contributed by atoms with Crippen LogP contribution in [-0.4, -0.2) is 51.2 Å². The van der Waals surface area contributed by atoms with Crippen molar-refractivity contribution in [2.75, 3.05) is 0 Å². The van der Waals surface area contributed by atoms with Gasteiger partial charge in [0.2, 0.25) is 0 Å². The summed E-state index contributed by atoms with van der Waals surface area (Å²) in [5, 5.41) is 0. The van der Waals surface area contributed by atoms with Gasteiger partial charge in [-0.25, -0.2) is 4.39 Å². The summed E-state index contributed by atoms with van der Waals surface area (Å²) in [6.07, 6.45) is -16.1. The number of halogens is 15. The van der Waals surface area contributed by atoms with Crippen LogP contribution < -0.4 is 0 Å². The van der Waals surface area contributed by atoms with Crippen LogP contribution >= 0.6 is 7.60 Å². The third-order valence-electron chi connectivity index (χ3n) is 2.75. The van der Waals surface area contributed by atoms with E-state index in [-0.39, 0.29) is 0 Å². The number of hydrogen-bond acceptors (Lipinski definition) is 1. The second-order valence-electron chi connectivity index (χ2n) is 4.46. The second-order valence-corrected chi connectivity index (χ2v) is 6.11. The van der Waals surface area contributed by atoms with Crippen LogP contribution in [0.4, 0.5) is 65.9 Å². The van der Waals surface area contributed by atoms with E-state index in [0.717, 1.165) is 0 Å². The molecule has 19 heteroatoms. The zero-order valence-corrected chi connectivity index (χ0v) is 11.8. The fourth-order valence-electron chi connectivity index (χ4n) is 1.37. The molecule has 0 fully saturated rings. The molecule has 0 rings (SSSR count). The van der Waals surface area contributed by atoms with Crippen molar-refractivity contribution in [1.82, 2.24) is 0 Å². The second kappa shape index (κ2) is 5.80. The Balaban J connectivity index is 7.33. The highest BCUT2D eigenvalue weighted by Gasteiger charge is 2.98. The Morgan fingerprint density at radius 2 is 0.731 bits per heavy atom.